The van der Waals surface area contributed by atoms with E-state index in [4.69, 9.17) is 4.74 Å². The van der Waals surface area contributed by atoms with Gasteiger partial charge in [0, 0.05) is 74.3 Å². The monoisotopic (exact) mass is 530 g/mol. The molecule has 2 heterocycles. The van der Waals surface area contributed by atoms with Gasteiger partial charge in [0.15, 0.2) is 0 Å². The Balaban J connectivity index is 1.48. The number of fused-ring (bicyclic) bond motifs is 1. The van der Waals surface area contributed by atoms with Crippen molar-refractivity contribution >= 4 is 22.5 Å². The number of nitrogens with one attached hydrogen (secondary N) is 1. The average Bonchev–Trinajstić information content (AvgIpc) is 3.30. The number of benzene rings is 3. The fourth-order valence-electron chi connectivity index (χ4n) is 5.18. The van der Waals surface area contributed by atoms with Gasteiger partial charge in [-0.2, -0.15) is 0 Å². The molecule has 0 aliphatic carbocycles. The van der Waals surface area contributed by atoms with Crippen LogP contribution in [0.1, 0.15) is 29.0 Å². The summed E-state index contributed by atoms with van der Waals surface area (Å²) >= 11 is 0. The molecule has 0 bridgehead atoms. The maximum atomic E-state index is 14.4. The molecule has 4 aromatic rings. The fourth-order valence-corrected chi connectivity index (χ4v) is 5.18. The van der Waals surface area contributed by atoms with Crippen molar-refractivity contribution in [2.45, 2.75) is 18.9 Å². The van der Waals surface area contributed by atoms with Gasteiger partial charge in [-0.25, -0.2) is 4.39 Å². The molecule has 1 fully saturated rings. The fraction of sp³-hybridized carbons (Fsp3) is 0.300. The van der Waals surface area contributed by atoms with E-state index in [1.54, 1.807) is 24.3 Å². The van der Waals surface area contributed by atoms with E-state index in [0.717, 1.165) is 36.3 Å². The Morgan fingerprint density at radius 3 is 2.59 bits per heavy atom. The zero-order chi connectivity index (χ0) is 27.2. The lowest BCUT2D eigenvalue weighted by atomic mass is 9.88. The van der Waals surface area contributed by atoms with Crippen LogP contribution in [0, 0.1) is 15.9 Å². The first kappa shape index (κ1) is 26.5. The van der Waals surface area contributed by atoms with Crippen LogP contribution in [0.5, 0.6) is 0 Å². The zero-order valence-corrected chi connectivity index (χ0v) is 21.6. The Labute approximate surface area is 226 Å². The van der Waals surface area contributed by atoms with Crippen molar-refractivity contribution in [3.8, 4) is 0 Å². The van der Waals surface area contributed by atoms with Gasteiger partial charge in [0.25, 0.3) is 5.69 Å². The molecule has 0 unspecified atom stereocenters. The minimum Gasteiger partial charge on any atom is -0.379 e. The Kier molecular flexibility index (Phi) is 8.29. The van der Waals surface area contributed by atoms with Crippen LogP contribution in [-0.4, -0.2) is 59.7 Å². The largest absolute Gasteiger partial charge is 0.379 e. The average molecular weight is 531 g/mol. The Morgan fingerprint density at radius 1 is 1.05 bits per heavy atom. The standard InChI is InChI=1S/C30H31FN4O4/c31-24-8-4-7-23(17-24)26(19-30(36)32-11-12-33-13-15-39-16-14-33)28-21-34(20-22-5-2-1-3-6-22)29-10-9-25(35(37)38)18-27(28)29/h1-10,17-18,21,26H,11-16,19-20H2,(H,32,36)/t26-/m0/s1. The molecule has 3 aromatic carbocycles. The number of morpholine rings is 1. The van der Waals surface area contributed by atoms with Gasteiger partial charge in [0.2, 0.25) is 5.91 Å². The lowest BCUT2D eigenvalue weighted by Crippen LogP contribution is -2.41. The number of carbonyl (C=O) groups excluding carboxylic acids is 1. The molecule has 39 heavy (non-hydrogen) atoms. The topological polar surface area (TPSA) is 89.6 Å². The number of amides is 1. The maximum Gasteiger partial charge on any atom is 0.270 e. The van der Waals surface area contributed by atoms with E-state index in [1.165, 1.54) is 18.2 Å². The second-order valence-corrected chi connectivity index (χ2v) is 9.77. The predicted molar refractivity (Wildman–Crippen MR) is 147 cm³/mol. The van der Waals surface area contributed by atoms with Gasteiger partial charge in [0.05, 0.1) is 18.1 Å². The van der Waals surface area contributed by atoms with Crippen LogP contribution < -0.4 is 5.32 Å². The summed E-state index contributed by atoms with van der Waals surface area (Å²) in [6.45, 7) is 4.82. The number of nitro benzene ring substituents is 1. The molecule has 1 saturated heterocycles. The second kappa shape index (κ2) is 12.2. The molecule has 1 aliphatic rings. The summed E-state index contributed by atoms with van der Waals surface area (Å²) in [4.78, 5) is 26.6. The SMILES string of the molecule is O=C(C[C@@H](c1cccc(F)c1)c1cn(Cc2ccccc2)c2ccc([N+](=O)[O-])cc12)NCCN1CCOCC1. The summed E-state index contributed by atoms with van der Waals surface area (Å²) in [6, 6.07) is 20.9. The first-order valence-corrected chi connectivity index (χ1v) is 13.1. The lowest BCUT2D eigenvalue weighted by molar-refractivity contribution is -0.384. The van der Waals surface area contributed by atoms with Crippen LogP contribution in [0.2, 0.25) is 0 Å². The van der Waals surface area contributed by atoms with E-state index >= 15 is 0 Å². The highest BCUT2D eigenvalue weighted by molar-refractivity contribution is 5.88. The summed E-state index contributed by atoms with van der Waals surface area (Å²) in [6.07, 6.45) is 2.03. The van der Waals surface area contributed by atoms with Gasteiger partial charge in [0.1, 0.15) is 5.82 Å². The minimum absolute atomic E-state index is 0.0332. The number of hydrogen-bond acceptors (Lipinski definition) is 5. The van der Waals surface area contributed by atoms with Gasteiger partial charge in [-0.05, 0) is 34.9 Å². The van der Waals surface area contributed by atoms with Crippen LogP contribution >= 0.6 is 0 Å². The third-order valence-corrected chi connectivity index (χ3v) is 7.17. The summed E-state index contributed by atoms with van der Waals surface area (Å²) in [7, 11) is 0. The first-order valence-electron chi connectivity index (χ1n) is 13.1. The van der Waals surface area contributed by atoms with Gasteiger partial charge in [-0.15, -0.1) is 0 Å². The molecule has 0 saturated carbocycles. The smallest absolute Gasteiger partial charge is 0.270 e. The number of rotatable bonds is 10. The molecule has 9 heteroatoms. The molecule has 1 atom stereocenters. The number of non-ortho nitro benzene ring substituents is 1. The highest BCUT2D eigenvalue weighted by atomic mass is 19.1. The number of halogens is 1. The molecule has 1 amide bonds. The van der Waals surface area contributed by atoms with E-state index in [-0.39, 0.29) is 18.0 Å². The number of hydrogen-bond donors (Lipinski definition) is 1. The Hall–Kier alpha value is -4.08. The minimum atomic E-state index is -0.495. The molecule has 0 radical (unpaired) electrons. The van der Waals surface area contributed by atoms with E-state index in [9.17, 15) is 19.3 Å². The molecule has 1 N–H and O–H groups in total. The highest BCUT2D eigenvalue weighted by Gasteiger charge is 2.25. The van der Waals surface area contributed by atoms with Crippen molar-refractivity contribution in [3.05, 3.63) is 112 Å². The van der Waals surface area contributed by atoms with E-state index < -0.39 is 16.7 Å². The molecule has 8 nitrogen and oxygen atoms in total. The number of carbonyl (C=O) groups is 1. The zero-order valence-electron chi connectivity index (χ0n) is 21.6. The Bertz CT molecular complexity index is 1450. The number of ether oxygens (including phenoxy) is 1. The third kappa shape index (κ3) is 6.50. The summed E-state index contributed by atoms with van der Waals surface area (Å²) in [5, 5.41) is 15.3. The van der Waals surface area contributed by atoms with Gasteiger partial charge in [-0.1, -0.05) is 42.5 Å². The normalized spacial score (nSPS) is 14.8. The van der Waals surface area contributed by atoms with Crippen molar-refractivity contribution in [2.24, 2.45) is 0 Å². The van der Waals surface area contributed by atoms with E-state index in [2.05, 4.69) is 10.2 Å². The van der Waals surface area contributed by atoms with Crippen LogP contribution in [0.4, 0.5) is 10.1 Å². The van der Waals surface area contributed by atoms with Crippen LogP contribution in [0.3, 0.4) is 0 Å². The van der Waals surface area contributed by atoms with Crippen molar-refractivity contribution < 1.29 is 18.8 Å². The maximum absolute atomic E-state index is 14.4. The molecule has 1 aliphatic heterocycles. The van der Waals surface area contributed by atoms with E-state index in [0.29, 0.717) is 37.3 Å². The highest BCUT2D eigenvalue weighted by Crippen LogP contribution is 2.37. The van der Waals surface area contributed by atoms with Crippen molar-refractivity contribution in [2.75, 3.05) is 39.4 Å². The van der Waals surface area contributed by atoms with Gasteiger partial charge >= 0.3 is 0 Å². The molecule has 1 aromatic heterocycles. The molecular formula is C30H31FN4O4. The quantitative estimate of drug-likeness (QED) is 0.237. The third-order valence-electron chi connectivity index (χ3n) is 7.17. The summed E-state index contributed by atoms with van der Waals surface area (Å²) in [5.74, 6) is -1.05. The molecule has 0 spiro atoms. The number of nitrogens with zero attached hydrogens (tertiary/aromatic N) is 3. The van der Waals surface area contributed by atoms with E-state index in [1.807, 2.05) is 41.1 Å². The van der Waals surface area contributed by atoms with Gasteiger partial charge < -0.3 is 14.6 Å². The lowest BCUT2D eigenvalue weighted by Gasteiger charge is -2.26. The van der Waals surface area contributed by atoms with Crippen LogP contribution in [0.25, 0.3) is 10.9 Å². The first-order chi connectivity index (χ1) is 19.0. The van der Waals surface area contributed by atoms with Crippen LogP contribution in [0.15, 0.2) is 79.0 Å². The summed E-state index contributed by atoms with van der Waals surface area (Å²) < 4.78 is 21.8. The molecular weight excluding hydrogens is 499 g/mol. The molecule has 202 valence electrons. The van der Waals surface area contributed by atoms with Crippen molar-refractivity contribution in [1.29, 1.82) is 0 Å². The van der Waals surface area contributed by atoms with Crippen molar-refractivity contribution in [1.82, 2.24) is 14.8 Å². The molecule has 5 rings (SSSR count). The number of aromatic nitrogens is 1. The Morgan fingerprint density at radius 2 is 1.85 bits per heavy atom. The van der Waals surface area contributed by atoms with Crippen LogP contribution in [-0.2, 0) is 16.1 Å². The second-order valence-electron chi connectivity index (χ2n) is 9.77. The summed E-state index contributed by atoms with van der Waals surface area (Å²) in [5.41, 5.74) is 3.24. The predicted octanol–water partition coefficient (Wildman–Crippen LogP) is 4.71. The van der Waals surface area contributed by atoms with Gasteiger partial charge in [-0.3, -0.25) is 19.8 Å². The number of nitro groups is 1. The van der Waals surface area contributed by atoms with Crippen molar-refractivity contribution in [3.63, 3.8) is 0 Å².